The standard InChI is InChI=1S/C31H40O3S/c1-4-6-8-10-12-24(3)34-31(32)30-22-21-29(35-30)27-15-13-25(14-16-27)26-17-19-28(20-18-26)33-23-11-9-7-5-2/h13-22,24H,4-12,23H2,1-3H3. The van der Waals surface area contributed by atoms with Crippen LogP contribution in [0.3, 0.4) is 0 Å². The van der Waals surface area contributed by atoms with Gasteiger partial charge in [0.05, 0.1) is 12.7 Å². The highest BCUT2D eigenvalue weighted by atomic mass is 32.1. The molecule has 2 aromatic carbocycles. The van der Waals surface area contributed by atoms with E-state index in [4.69, 9.17) is 9.47 Å². The van der Waals surface area contributed by atoms with E-state index >= 15 is 0 Å². The van der Waals surface area contributed by atoms with Crippen molar-refractivity contribution in [3.05, 3.63) is 65.5 Å². The molecule has 1 aromatic heterocycles. The van der Waals surface area contributed by atoms with Crippen LogP contribution in [-0.2, 0) is 4.74 Å². The van der Waals surface area contributed by atoms with Gasteiger partial charge in [-0.05, 0) is 67.1 Å². The lowest BCUT2D eigenvalue weighted by molar-refractivity contribution is 0.0325. The first-order chi connectivity index (χ1) is 17.1. The Morgan fingerprint density at radius 2 is 1.34 bits per heavy atom. The van der Waals surface area contributed by atoms with E-state index < -0.39 is 0 Å². The molecular weight excluding hydrogens is 452 g/mol. The third-order valence-corrected chi connectivity index (χ3v) is 7.32. The van der Waals surface area contributed by atoms with E-state index in [1.54, 1.807) is 0 Å². The second-order valence-electron chi connectivity index (χ2n) is 9.24. The molecule has 3 rings (SSSR count). The van der Waals surface area contributed by atoms with Gasteiger partial charge in [-0.1, -0.05) is 88.8 Å². The summed E-state index contributed by atoms with van der Waals surface area (Å²) in [6.45, 7) is 7.19. The van der Waals surface area contributed by atoms with Crippen molar-refractivity contribution < 1.29 is 14.3 Å². The van der Waals surface area contributed by atoms with Gasteiger partial charge < -0.3 is 9.47 Å². The monoisotopic (exact) mass is 492 g/mol. The number of thiophene rings is 1. The van der Waals surface area contributed by atoms with Crippen LogP contribution in [0.15, 0.2) is 60.7 Å². The van der Waals surface area contributed by atoms with Crippen LogP contribution in [0.1, 0.15) is 88.2 Å². The smallest absolute Gasteiger partial charge is 0.348 e. The molecule has 1 unspecified atom stereocenters. The highest BCUT2D eigenvalue weighted by Gasteiger charge is 2.15. The number of benzene rings is 2. The number of unbranched alkanes of at least 4 members (excludes halogenated alkanes) is 6. The number of hydrogen-bond acceptors (Lipinski definition) is 4. The molecule has 35 heavy (non-hydrogen) atoms. The van der Waals surface area contributed by atoms with E-state index in [-0.39, 0.29) is 12.1 Å². The molecule has 1 heterocycles. The first kappa shape index (κ1) is 27.0. The van der Waals surface area contributed by atoms with Crippen molar-refractivity contribution in [3.8, 4) is 27.3 Å². The number of carbonyl (C=O) groups is 1. The molecule has 1 atom stereocenters. The summed E-state index contributed by atoms with van der Waals surface area (Å²) >= 11 is 1.49. The summed E-state index contributed by atoms with van der Waals surface area (Å²) in [5.41, 5.74) is 3.44. The van der Waals surface area contributed by atoms with Gasteiger partial charge in [0, 0.05) is 4.88 Å². The first-order valence-corrected chi connectivity index (χ1v) is 14.1. The van der Waals surface area contributed by atoms with Gasteiger partial charge in [-0.15, -0.1) is 11.3 Å². The molecule has 0 saturated heterocycles. The summed E-state index contributed by atoms with van der Waals surface area (Å²) in [5, 5.41) is 0. The zero-order valence-electron chi connectivity index (χ0n) is 21.6. The zero-order valence-corrected chi connectivity index (χ0v) is 22.4. The van der Waals surface area contributed by atoms with Gasteiger partial charge in [0.15, 0.2) is 0 Å². The lowest BCUT2D eigenvalue weighted by atomic mass is 10.0. The molecule has 0 N–H and O–H groups in total. The van der Waals surface area contributed by atoms with Crippen LogP contribution in [0.2, 0.25) is 0 Å². The number of hydrogen-bond donors (Lipinski definition) is 0. The van der Waals surface area contributed by atoms with Crippen LogP contribution in [0, 0.1) is 0 Å². The molecule has 3 aromatic rings. The van der Waals surface area contributed by atoms with Crippen molar-refractivity contribution in [1.82, 2.24) is 0 Å². The minimum atomic E-state index is -0.214. The van der Waals surface area contributed by atoms with Crippen molar-refractivity contribution in [2.24, 2.45) is 0 Å². The average Bonchev–Trinajstić information content (AvgIpc) is 3.38. The molecule has 4 heteroatoms. The summed E-state index contributed by atoms with van der Waals surface area (Å²) in [4.78, 5) is 14.3. The molecule has 0 saturated carbocycles. The Labute approximate surface area is 215 Å². The van der Waals surface area contributed by atoms with Gasteiger partial charge in [-0.25, -0.2) is 4.79 Å². The third kappa shape index (κ3) is 8.85. The van der Waals surface area contributed by atoms with Crippen molar-refractivity contribution in [3.63, 3.8) is 0 Å². The number of carbonyl (C=O) groups excluding carboxylic acids is 1. The SMILES string of the molecule is CCCCCCOc1ccc(-c2ccc(-c3ccc(C(=O)OC(C)CCCCCC)s3)cc2)cc1. The van der Waals surface area contributed by atoms with Gasteiger partial charge in [-0.2, -0.15) is 0 Å². The molecule has 0 fully saturated rings. The lowest BCUT2D eigenvalue weighted by Gasteiger charge is -2.12. The van der Waals surface area contributed by atoms with E-state index in [1.165, 1.54) is 55.4 Å². The van der Waals surface area contributed by atoms with E-state index in [1.807, 2.05) is 31.2 Å². The van der Waals surface area contributed by atoms with Crippen molar-refractivity contribution in [2.75, 3.05) is 6.61 Å². The van der Waals surface area contributed by atoms with Crippen molar-refractivity contribution in [1.29, 1.82) is 0 Å². The summed E-state index contributed by atoms with van der Waals surface area (Å²) in [6.07, 6.45) is 10.5. The number of ether oxygens (including phenoxy) is 2. The maximum Gasteiger partial charge on any atom is 0.348 e. The Morgan fingerprint density at radius 1 is 0.743 bits per heavy atom. The van der Waals surface area contributed by atoms with Gasteiger partial charge in [0.2, 0.25) is 0 Å². The summed E-state index contributed by atoms with van der Waals surface area (Å²) in [5.74, 6) is 0.712. The van der Waals surface area contributed by atoms with Gasteiger partial charge in [0.25, 0.3) is 0 Å². The topological polar surface area (TPSA) is 35.5 Å². The molecule has 0 amide bonds. The van der Waals surface area contributed by atoms with Gasteiger partial charge in [0.1, 0.15) is 10.6 Å². The fraction of sp³-hybridized carbons (Fsp3) is 0.452. The maximum absolute atomic E-state index is 12.5. The lowest BCUT2D eigenvalue weighted by Crippen LogP contribution is -2.14. The van der Waals surface area contributed by atoms with E-state index in [0.29, 0.717) is 4.88 Å². The molecule has 3 nitrogen and oxygen atoms in total. The van der Waals surface area contributed by atoms with Crippen molar-refractivity contribution >= 4 is 17.3 Å². The Bertz CT molecular complexity index is 1000. The molecular formula is C31H40O3S. The van der Waals surface area contributed by atoms with Crippen LogP contribution in [0.5, 0.6) is 5.75 Å². The second-order valence-corrected chi connectivity index (χ2v) is 10.3. The second kappa shape index (κ2) is 14.7. The summed E-state index contributed by atoms with van der Waals surface area (Å²) in [6, 6.07) is 20.7. The Morgan fingerprint density at radius 3 is 2.00 bits per heavy atom. The van der Waals surface area contributed by atoms with E-state index in [2.05, 4.69) is 50.2 Å². The van der Waals surface area contributed by atoms with Crippen molar-refractivity contribution in [2.45, 2.75) is 84.7 Å². The summed E-state index contributed by atoms with van der Waals surface area (Å²) in [7, 11) is 0. The van der Waals surface area contributed by atoms with Crippen LogP contribution in [-0.4, -0.2) is 18.7 Å². The van der Waals surface area contributed by atoms with E-state index in [9.17, 15) is 4.79 Å². The molecule has 0 aliphatic heterocycles. The number of rotatable bonds is 15. The Hall–Kier alpha value is -2.59. The highest BCUT2D eigenvalue weighted by molar-refractivity contribution is 7.17. The maximum atomic E-state index is 12.5. The zero-order chi connectivity index (χ0) is 24.9. The molecule has 188 valence electrons. The fourth-order valence-electron chi connectivity index (χ4n) is 4.05. The normalized spacial score (nSPS) is 11.9. The van der Waals surface area contributed by atoms with E-state index in [0.717, 1.165) is 47.6 Å². The largest absolute Gasteiger partial charge is 0.494 e. The van der Waals surface area contributed by atoms with Crippen LogP contribution in [0.4, 0.5) is 0 Å². The van der Waals surface area contributed by atoms with Crippen LogP contribution >= 0.6 is 11.3 Å². The Kier molecular flexibility index (Phi) is 11.4. The predicted molar refractivity (Wildman–Crippen MR) is 148 cm³/mol. The van der Waals surface area contributed by atoms with Gasteiger partial charge in [-0.3, -0.25) is 0 Å². The molecule has 0 spiro atoms. The fourth-order valence-corrected chi connectivity index (χ4v) is 4.94. The average molecular weight is 493 g/mol. The molecule has 0 aliphatic rings. The van der Waals surface area contributed by atoms with Crippen LogP contribution < -0.4 is 4.74 Å². The third-order valence-electron chi connectivity index (χ3n) is 6.20. The predicted octanol–water partition coefficient (Wildman–Crippen LogP) is 9.56. The first-order valence-electron chi connectivity index (χ1n) is 13.2. The summed E-state index contributed by atoms with van der Waals surface area (Å²) < 4.78 is 11.5. The minimum absolute atomic E-state index is 0.0398. The molecule has 0 bridgehead atoms. The van der Waals surface area contributed by atoms with Crippen LogP contribution in [0.25, 0.3) is 21.6 Å². The number of esters is 1. The molecule has 0 aliphatic carbocycles. The Balaban J connectivity index is 1.52. The quantitative estimate of drug-likeness (QED) is 0.156. The highest BCUT2D eigenvalue weighted by Crippen LogP contribution is 2.31. The molecule has 0 radical (unpaired) electrons. The van der Waals surface area contributed by atoms with Gasteiger partial charge >= 0.3 is 5.97 Å². The minimum Gasteiger partial charge on any atom is -0.494 e.